The fraction of sp³-hybridized carbons (Fsp3) is 0.364. The van der Waals surface area contributed by atoms with Gasteiger partial charge in [-0.1, -0.05) is 11.8 Å². The number of carbonyl (C=O) groups is 3. The highest BCUT2D eigenvalue weighted by Crippen LogP contribution is 2.20. The van der Waals surface area contributed by atoms with Gasteiger partial charge in [0, 0.05) is 18.5 Å². The lowest BCUT2D eigenvalue weighted by Gasteiger charge is -2.18. The molecule has 1 aliphatic rings. The maximum atomic E-state index is 12.2. The number of thioether (sulfide) groups is 1. The van der Waals surface area contributed by atoms with Crippen LogP contribution < -0.4 is 5.56 Å². The van der Waals surface area contributed by atoms with Crippen molar-refractivity contribution in [3.05, 3.63) is 22.1 Å². The minimum atomic E-state index is -1.37. The summed E-state index contributed by atoms with van der Waals surface area (Å²) in [5.41, 5.74) is -0.917. The molecule has 0 bridgehead atoms. The number of carbonyl (C=O) groups excluding carboxylic acids is 1. The van der Waals surface area contributed by atoms with Gasteiger partial charge >= 0.3 is 11.9 Å². The fourth-order valence-electron chi connectivity index (χ4n) is 1.86. The van der Waals surface area contributed by atoms with Crippen LogP contribution in [-0.4, -0.2) is 61.4 Å². The highest BCUT2D eigenvalue weighted by molar-refractivity contribution is 7.99. The zero-order valence-electron chi connectivity index (χ0n) is 10.7. The Morgan fingerprint density at radius 3 is 2.48 bits per heavy atom. The molecule has 0 fully saturated rings. The molecule has 0 radical (unpaired) electrons. The second-order valence-electron chi connectivity index (χ2n) is 4.21. The van der Waals surface area contributed by atoms with Crippen molar-refractivity contribution in [3.63, 3.8) is 0 Å². The average Bonchev–Trinajstić information content (AvgIpc) is 2.86. The third-order valence-corrected chi connectivity index (χ3v) is 3.70. The number of carboxylic acid groups (broad SMARTS) is 2. The van der Waals surface area contributed by atoms with Crippen molar-refractivity contribution in [1.29, 1.82) is 0 Å². The molecular formula is C11H11N3O6S. The number of hydrogen-bond acceptors (Lipinski definition) is 6. The molecule has 2 heterocycles. The Morgan fingerprint density at radius 1 is 1.29 bits per heavy atom. The van der Waals surface area contributed by atoms with Crippen molar-refractivity contribution in [2.24, 2.45) is 0 Å². The molecule has 0 aromatic carbocycles. The van der Waals surface area contributed by atoms with E-state index < -0.39 is 36.5 Å². The highest BCUT2D eigenvalue weighted by Gasteiger charge is 2.26. The molecule has 1 aromatic heterocycles. The van der Waals surface area contributed by atoms with Gasteiger partial charge in [-0.25, -0.2) is 4.98 Å². The largest absolute Gasteiger partial charge is 0.480 e. The molecule has 1 aliphatic heterocycles. The minimum Gasteiger partial charge on any atom is -0.480 e. The van der Waals surface area contributed by atoms with Crippen LogP contribution in [-0.2, 0) is 16.1 Å². The normalized spacial score (nSPS) is 12.8. The Morgan fingerprint density at radius 2 is 1.90 bits per heavy atom. The first-order valence-corrected chi connectivity index (χ1v) is 6.84. The molecule has 9 nitrogen and oxygen atoms in total. The first-order chi connectivity index (χ1) is 9.90. The van der Waals surface area contributed by atoms with Crippen molar-refractivity contribution >= 4 is 29.6 Å². The number of nitrogens with zero attached hydrogens (tertiary/aromatic N) is 3. The number of aliphatic carboxylic acids is 2. The SMILES string of the molecule is O=C(O)CN(CC(=O)O)C(=O)c1cnc2n(c1=O)CCS2. The molecule has 2 N–H and O–H groups in total. The summed E-state index contributed by atoms with van der Waals surface area (Å²) in [4.78, 5) is 50.3. The molecule has 0 unspecified atom stereocenters. The van der Waals surface area contributed by atoms with E-state index in [4.69, 9.17) is 10.2 Å². The lowest BCUT2D eigenvalue weighted by atomic mass is 10.2. The monoisotopic (exact) mass is 313 g/mol. The number of rotatable bonds is 5. The summed E-state index contributed by atoms with van der Waals surface area (Å²) in [6.07, 6.45) is 1.06. The van der Waals surface area contributed by atoms with E-state index in [-0.39, 0.29) is 5.56 Å². The number of aromatic nitrogens is 2. The molecule has 0 atom stereocenters. The van der Waals surface area contributed by atoms with E-state index in [1.807, 2.05) is 0 Å². The Kier molecular flexibility index (Phi) is 4.26. The Labute approximate surface area is 122 Å². The molecule has 10 heteroatoms. The summed E-state index contributed by atoms with van der Waals surface area (Å²) in [7, 11) is 0. The molecule has 1 aromatic rings. The van der Waals surface area contributed by atoms with Crippen LogP contribution >= 0.6 is 11.8 Å². The second-order valence-corrected chi connectivity index (χ2v) is 5.27. The smallest absolute Gasteiger partial charge is 0.323 e. The number of carboxylic acids is 2. The summed E-state index contributed by atoms with van der Waals surface area (Å²) in [6.45, 7) is -1.20. The van der Waals surface area contributed by atoms with E-state index in [2.05, 4.69) is 4.98 Å². The summed E-state index contributed by atoms with van der Waals surface area (Å²) in [6, 6.07) is 0. The number of amides is 1. The Balaban J connectivity index is 2.35. The lowest BCUT2D eigenvalue weighted by Crippen LogP contribution is -2.42. The third-order valence-electron chi connectivity index (χ3n) is 2.73. The number of hydrogen-bond donors (Lipinski definition) is 2. The fourth-order valence-corrected chi connectivity index (χ4v) is 2.77. The molecule has 2 rings (SSSR count). The van der Waals surface area contributed by atoms with Gasteiger partial charge in [-0.3, -0.25) is 23.7 Å². The van der Waals surface area contributed by atoms with E-state index in [1.54, 1.807) is 0 Å². The van der Waals surface area contributed by atoms with Crippen LogP contribution in [0.15, 0.2) is 16.1 Å². The highest BCUT2D eigenvalue weighted by atomic mass is 32.2. The van der Waals surface area contributed by atoms with Crippen LogP contribution in [0.5, 0.6) is 0 Å². The van der Waals surface area contributed by atoms with Crippen molar-refractivity contribution in [2.75, 3.05) is 18.8 Å². The van der Waals surface area contributed by atoms with Gasteiger partial charge in [-0.2, -0.15) is 0 Å². The Bertz CT molecular complexity index is 654. The second kappa shape index (κ2) is 5.95. The topological polar surface area (TPSA) is 130 Å². The van der Waals surface area contributed by atoms with E-state index in [1.165, 1.54) is 16.3 Å². The molecule has 112 valence electrons. The summed E-state index contributed by atoms with van der Waals surface area (Å²) in [5, 5.41) is 17.9. The zero-order valence-corrected chi connectivity index (χ0v) is 11.5. The minimum absolute atomic E-state index is 0.330. The van der Waals surface area contributed by atoms with Crippen molar-refractivity contribution < 1.29 is 24.6 Å². The van der Waals surface area contributed by atoms with Crippen LogP contribution in [0.25, 0.3) is 0 Å². The average molecular weight is 313 g/mol. The molecule has 0 saturated heterocycles. The third kappa shape index (κ3) is 3.21. The van der Waals surface area contributed by atoms with E-state index in [9.17, 15) is 19.2 Å². The van der Waals surface area contributed by atoms with E-state index in [0.717, 1.165) is 6.20 Å². The van der Waals surface area contributed by atoms with Crippen LogP contribution in [0, 0.1) is 0 Å². The van der Waals surface area contributed by atoms with Gasteiger partial charge in [0.15, 0.2) is 5.16 Å². The van der Waals surface area contributed by atoms with Gasteiger partial charge in [0.1, 0.15) is 18.7 Å². The van der Waals surface area contributed by atoms with Gasteiger partial charge in [0.2, 0.25) is 0 Å². The van der Waals surface area contributed by atoms with Gasteiger partial charge in [-0.05, 0) is 0 Å². The van der Waals surface area contributed by atoms with Crippen LogP contribution in [0.4, 0.5) is 0 Å². The first kappa shape index (κ1) is 15.0. The predicted molar refractivity (Wildman–Crippen MR) is 70.4 cm³/mol. The molecule has 0 saturated carbocycles. The van der Waals surface area contributed by atoms with Gasteiger partial charge in [0.25, 0.3) is 11.5 Å². The van der Waals surface area contributed by atoms with Gasteiger partial charge in [-0.15, -0.1) is 0 Å². The molecule has 0 spiro atoms. The predicted octanol–water partition coefficient (Wildman–Crippen LogP) is -1.04. The standard InChI is InChI=1S/C11H11N3O6S/c15-7(16)4-13(5-8(17)18)9(19)6-3-12-11-14(10(6)20)1-2-21-11/h3H,1-2,4-5H2,(H,15,16)(H,17,18). The molecule has 1 amide bonds. The summed E-state index contributed by atoms with van der Waals surface area (Å²) < 4.78 is 1.32. The Hall–Kier alpha value is -2.36. The van der Waals surface area contributed by atoms with Crippen LogP contribution in [0.1, 0.15) is 10.4 Å². The van der Waals surface area contributed by atoms with Crippen molar-refractivity contribution in [3.8, 4) is 0 Å². The first-order valence-electron chi connectivity index (χ1n) is 5.85. The van der Waals surface area contributed by atoms with Crippen LogP contribution in [0.3, 0.4) is 0 Å². The molecule has 21 heavy (non-hydrogen) atoms. The molecular weight excluding hydrogens is 302 g/mol. The summed E-state index contributed by atoms with van der Waals surface area (Å²) >= 11 is 1.37. The van der Waals surface area contributed by atoms with Crippen molar-refractivity contribution in [2.45, 2.75) is 11.7 Å². The maximum Gasteiger partial charge on any atom is 0.323 e. The van der Waals surface area contributed by atoms with Gasteiger partial charge < -0.3 is 15.1 Å². The molecule has 0 aliphatic carbocycles. The lowest BCUT2D eigenvalue weighted by molar-refractivity contribution is -0.140. The van der Waals surface area contributed by atoms with Crippen LogP contribution in [0.2, 0.25) is 0 Å². The quantitative estimate of drug-likeness (QED) is 0.659. The number of fused-ring (bicyclic) bond motifs is 1. The van der Waals surface area contributed by atoms with Gasteiger partial charge in [0.05, 0.1) is 0 Å². The maximum absolute atomic E-state index is 12.2. The zero-order chi connectivity index (χ0) is 15.6. The van der Waals surface area contributed by atoms with E-state index >= 15 is 0 Å². The summed E-state index contributed by atoms with van der Waals surface area (Å²) in [5.74, 6) is -3.03. The van der Waals surface area contributed by atoms with E-state index in [0.29, 0.717) is 22.4 Å². The van der Waals surface area contributed by atoms with Crippen molar-refractivity contribution in [1.82, 2.24) is 14.5 Å².